The van der Waals surface area contributed by atoms with E-state index in [1.165, 1.54) is 24.6 Å². The fourth-order valence-electron chi connectivity index (χ4n) is 1.96. The molecule has 1 fully saturated rings. The van der Waals surface area contributed by atoms with Crippen LogP contribution in [0.5, 0.6) is 0 Å². The Labute approximate surface area is 135 Å². The number of aromatic nitrogens is 5. The summed E-state index contributed by atoms with van der Waals surface area (Å²) in [4.78, 5) is 15.6. The van der Waals surface area contributed by atoms with Gasteiger partial charge in [-0.2, -0.15) is 15.0 Å². The van der Waals surface area contributed by atoms with Gasteiger partial charge in [-0.05, 0) is 30.9 Å². The minimum atomic E-state index is 0.587. The molecule has 3 rings (SSSR count). The van der Waals surface area contributed by atoms with E-state index in [1.54, 1.807) is 23.1 Å². The largest absolute Gasteiger partial charge is 0.357 e. The molecule has 0 spiro atoms. The highest BCUT2D eigenvalue weighted by atomic mass is 32.2. The van der Waals surface area contributed by atoms with Crippen molar-refractivity contribution in [2.24, 2.45) is 0 Å². The average Bonchev–Trinajstić information content (AvgIpc) is 3.18. The highest BCUT2D eigenvalue weighted by Gasteiger charge is 2.18. The Bertz CT molecular complexity index is 612. The van der Waals surface area contributed by atoms with Crippen LogP contribution >= 0.6 is 34.9 Å². The smallest absolute Gasteiger partial charge is 0.231 e. The first kappa shape index (κ1) is 14.8. The molecular formula is C11H15N7S3. The maximum atomic E-state index is 4.55. The molecule has 3 heterocycles. The first-order valence-corrected chi connectivity index (χ1v) is 9.38. The third kappa shape index (κ3) is 3.55. The highest BCUT2D eigenvalue weighted by molar-refractivity contribution is 8.02. The van der Waals surface area contributed by atoms with Crippen molar-refractivity contribution in [2.75, 3.05) is 36.6 Å². The molecule has 0 amide bonds. The van der Waals surface area contributed by atoms with Crippen molar-refractivity contribution in [2.45, 2.75) is 26.7 Å². The Morgan fingerprint density at radius 1 is 1.10 bits per heavy atom. The van der Waals surface area contributed by atoms with Crippen molar-refractivity contribution in [3.63, 3.8) is 0 Å². The molecule has 10 heteroatoms. The van der Waals surface area contributed by atoms with Gasteiger partial charge in [0.2, 0.25) is 17.1 Å². The van der Waals surface area contributed by atoms with Crippen molar-refractivity contribution in [1.82, 2.24) is 25.1 Å². The Hall–Kier alpha value is -1.13. The summed E-state index contributed by atoms with van der Waals surface area (Å²) in [5.74, 6) is 1.33. The van der Waals surface area contributed by atoms with E-state index < -0.39 is 0 Å². The lowest BCUT2D eigenvalue weighted by Gasteiger charge is -2.15. The zero-order valence-electron chi connectivity index (χ0n) is 11.7. The molecule has 2 aromatic rings. The highest BCUT2D eigenvalue weighted by Crippen LogP contribution is 2.32. The molecule has 0 bridgehead atoms. The lowest BCUT2D eigenvalue weighted by atomic mass is 10.4. The van der Waals surface area contributed by atoms with Crippen LogP contribution in [0, 0.1) is 0 Å². The minimum Gasteiger partial charge on any atom is -0.357 e. The standard InChI is InChI=1S/C11H15N7S3/c1-12-7-13-8(18-5-3-4-6-18)15-9(14-7)20-11-17-16-10(19-2)21-11/h3-6H2,1-2H3,(H,12,13,14,15). The van der Waals surface area contributed by atoms with Gasteiger partial charge >= 0.3 is 0 Å². The molecule has 2 aromatic heterocycles. The molecule has 7 nitrogen and oxygen atoms in total. The number of hydrogen-bond acceptors (Lipinski definition) is 10. The summed E-state index contributed by atoms with van der Waals surface area (Å²) in [5, 5.41) is 11.9. The normalized spacial score (nSPS) is 14.7. The number of hydrogen-bond donors (Lipinski definition) is 1. The van der Waals surface area contributed by atoms with Crippen molar-refractivity contribution < 1.29 is 0 Å². The summed E-state index contributed by atoms with van der Waals surface area (Å²) in [6.45, 7) is 2.01. The zero-order chi connectivity index (χ0) is 14.7. The zero-order valence-corrected chi connectivity index (χ0v) is 14.2. The van der Waals surface area contributed by atoms with E-state index in [4.69, 9.17) is 0 Å². The molecule has 1 aliphatic heterocycles. The Balaban J connectivity index is 1.84. The molecule has 0 saturated carbocycles. The molecule has 112 valence electrons. The number of nitrogens with one attached hydrogen (secondary N) is 1. The van der Waals surface area contributed by atoms with Crippen molar-refractivity contribution in [3.05, 3.63) is 0 Å². The fourth-order valence-corrected chi connectivity index (χ4v) is 4.25. The fraction of sp³-hybridized carbons (Fsp3) is 0.545. The first-order valence-electron chi connectivity index (χ1n) is 6.52. The van der Waals surface area contributed by atoms with Crippen molar-refractivity contribution >= 4 is 46.8 Å². The summed E-state index contributed by atoms with van der Waals surface area (Å²) in [5.41, 5.74) is 0. The molecule has 0 unspecified atom stereocenters. The predicted octanol–water partition coefficient (Wildman–Crippen LogP) is 2.24. The van der Waals surface area contributed by atoms with Crippen LogP contribution in [0.3, 0.4) is 0 Å². The summed E-state index contributed by atoms with van der Waals surface area (Å²) >= 11 is 4.57. The third-order valence-corrected chi connectivity index (χ3v) is 5.77. The van der Waals surface area contributed by atoms with E-state index in [0.717, 1.165) is 27.7 Å². The first-order chi connectivity index (χ1) is 10.3. The van der Waals surface area contributed by atoms with Crippen LogP contribution in [-0.4, -0.2) is 51.5 Å². The molecule has 1 saturated heterocycles. The molecule has 0 radical (unpaired) electrons. The summed E-state index contributed by atoms with van der Waals surface area (Å²) < 4.78 is 1.79. The Morgan fingerprint density at radius 2 is 1.86 bits per heavy atom. The van der Waals surface area contributed by atoms with E-state index in [0.29, 0.717) is 11.1 Å². The molecule has 0 atom stereocenters. The van der Waals surface area contributed by atoms with Crippen LogP contribution in [-0.2, 0) is 0 Å². The van der Waals surface area contributed by atoms with Gasteiger partial charge in [0.1, 0.15) is 0 Å². The lowest BCUT2D eigenvalue weighted by Crippen LogP contribution is -2.21. The monoisotopic (exact) mass is 341 g/mol. The topological polar surface area (TPSA) is 79.7 Å². The second-order valence-corrected chi connectivity index (χ2v) is 7.57. The Kier molecular flexibility index (Phi) is 4.76. The van der Waals surface area contributed by atoms with Gasteiger partial charge in [-0.3, -0.25) is 0 Å². The van der Waals surface area contributed by atoms with Gasteiger partial charge in [0.05, 0.1) is 0 Å². The SMILES string of the molecule is CNc1nc(Sc2nnc(SC)s2)nc(N2CCCC2)n1. The van der Waals surface area contributed by atoms with Gasteiger partial charge in [0.25, 0.3) is 0 Å². The number of anilines is 2. The van der Waals surface area contributed by atoms with Crippen LogP contribution in [0.1, 0.15) is 12.8 Å². The number of nitrogens with zero attached hydrogens (tertiary/aromatic N) is 6. The second-order valence-electron chi connectivity index (χ2n) is 4.33. The average molecular weight is 341 g/mol. The maximum absolute atomic E-state index is 4.55. The van der Waals surface area contributed by atoms with Gasteiger partial charge in [-0.15, -0.1) is 10.2 Å². The molecule has 0 aromatic carbocycles. The van der Waals surface area contributed by atoms with E-state index in [2.05, 4.69) is 35.4 Å². The van der Waals surface area contributed by atoms with Crippen LogP contribution in [0.4, 0.5) is 11.9 Å². The number of thioether (sulfide) groups is 1. The summed E-state index contributed by atoms with van der Waals surface area (Å²) in [6, 6.07) is 0. The van der Waals surface area contributed by atoms with Crippen LogP contribution < -0.4 is 10.2 Å². The summed E-state index contributed by atoms with van der Waals surface area (Å²) in [7, 11) is 1.81. The van der Waals surface area contributed by atoms with Crippen LogP contribution in [0.2, 0.25) is 0 Å². The van der Waals surface area contributed by atoms with E-state index in [1.807, 2.05) is 13.3 Å². The van der Waals surface area contributed by atoms with Gasteiger partial charge in [0.15, 0.2) is 8.68 Å². The van der Waals surface area contributed by atoms with E-state index >= 15 is 0 Å². The molecule has 0 aliphatic carbocycles. The maximum Gasteiger partial charge on any atom is 0.231 e. The van der Waals surface area contributed by atoms with Crippen molar-refractivity contribution in [3.8, 4) is 0 Å². The molecule has 1 N–H and O–H groups in total. The summed E-state index contributed by atoms with van der Waals surface area (Å²) in [6.07, 6.45) is 4.37. The van der Waals surface area contributed by atoms with Gasteiger partial charge < -0.3 is 10.2 Å². The molecular weight excluding hydrogens is 326 g/mol. The number of rotatable bonds is 5. The van der Waals surface area contributed by atoms with E-state index in [-0.39, 0.29) is 0 Å². The quantitative estimate of drug-likeness (QED) is 0.823. The van der Waals surface area contributed by atoms with Gasteiger partial charge in [0, 0.05) is 20.1 Å². The third-order valence-electron chi connectivity index (χ3n) is 2.96. The van der Waals surface area contributed by atoms with Crippen molar-refractivity contribution in [1.29, 1.82) is 0 Å². The van der Waals surface area contributed by atoms with E-state index in [9.17, 15) is 0 Å². The Morgan fingerprint density at radius 3 is 2.52 bits per heavy atom. The van der Waals surface area contributed by atoms with Crippen LogP contribution in [0.25, 0.3) is 0 Å². The molecule has 1 aliphatic rings. The van der Waals surface area contributed by atoms with Gasteiger partial charge in [-0.1, -0.05) is 23.1 Å². The molecule has 21 heavy (non-hydrogen) atoms. The lowest BCUT2D eigenvalue weighted by molar-refractivity contribution is 0.829. The predicted molar refractivity (Wildman–Crippen MR) is 86.6 cm³/mol. The minimum absolute atomic E-state index is 0.587. The van der Waals surface area contributed by atoms with Gasteiger partial charge in [-0.25, -0.2) is 0 Å². The second kappa shape index (κ2) is 6.75. The van der Waals surface area contributed by atoms with Crippen LogP contribution in [0.15, 0.2) is 13.8 Å².